The number of likely N-dealkylation sites (N-methyl/N-ethyl adjacent to an activating group) is 1. The number of amides is 1. The highest BCUT2D eigenvalue weighted by Gasteiger charge is 2.36. The molecule has 1 saturated heterocycles. The van der Waals surface area contributed by atoms with E-state index in [2.05, 4.69) is 24.1 Å². The molecule has 0 radical (unpaired) electrons. The normalized spacial score (nSPS) is 22.3. The lowest BCUT2D eigenvalue weighted by Crippen LogP contribution is -2.38. The van der Waals surface area contributed by atoms with Gasteiger partial charge in [0.05, 0.1) is 6.04 Å². The van der Waals surface area contributed by atoms with Gasteiger partial charge in [0.2, 0.25) is 5.91 Å². The fourth-order valence-corrected chi connectivity index (χ4v) is 2.85. The summed E-state index contributed by atoms with van der Waals surface area (Å²) in [6.07, 6.45) is -0.0553. The van der Waals surface area contributed by atoms with Crippen molar-refractivity contribution in [2.24, 2.45) is 0 Å². The Morgan fingerprint density at radius 2 is 1.86 bits per heavy atom. The van der Waals surface area contributed by atoms with Crippen molar-refractivity contribution in [2.75, 3.05) is 26.2 Å². The van der Waals surface area contributed by atoms with Gasteiger partial charge in [0.25, 0.3) is 0 Å². The number of nitrogens with zero attached hydrogens (tertiary/aromatic N) is 2. The van der Waals surface area contributed by atoms with Crippen molar-refractivity contribution >= 4 is 17.5 Å². The van der Waals surface area contributed by atoms with E-state index in [1.165, 1.54) is 0 Å². The van der Waals surface area contributed by atoms with Crippen molar-refractivity contribution in [1.82, 2.24) is 15.1 Å². The third-order valence-corrected chi connectivity index (χ3v) is 4.36. The van der Waals surface area contributed by atoms with Gasteiger partial charge in [0.1, 0.15) is 6.17 Å². The van der Waals surface area contributed by atoms with Crippen LogP contribution >= 0.6 is 11.6 Å². The smallest absolute Gasteiger partial charge is 0.241 e. The van der Waals surface area contributed by atoms with Gasteiger partial charge in [-0.05, 0) is 37.7 Å². The van der Waals surface area contributed by atoms with Crippen LogP contribution < -0.4 is 5.32 Å². The monoisotopic (exact) mass is 309 g/mol. The Bertz CT molecular complexity index is 473. The maximum absolute atomic E-state index is 12.4. The Kier molecular flexibility index (Phi) is 5.62. The highest BCUT2D eigenvalue weighted by molar-refractivity contribution is 6.30. The Hall–Kier alpha value is -1.10. The molecule has 0 aromatic heterocycles. The average molecular weight is 310 g/mol. The SMILES string of the molecule is CCN(CC)CCN1C(=O)C(C)NC1c1ccc(Cl)cc1. The molecule has 1 fully saturated rings. The zero-order chi connectivity index (χ0) is 15.4. The minimum atomic E-state index is -0.137. The molecule has 2 unspecified atom stereocenters. The summed E-state index contributed by atoms with van der Waals surface area (Å²) in [5, 5.41) is 4.08. The van der Waals surface area contributed by atoms with Gasteiger partial charge >= 0.3 is 0 Å². The summed E-state index contributed by atoms with van der Waals surface area (Å²) < 4.78 is 0. The topological polar surface area (TPSA) is 35.6 Å². The molecule has 1 aliphatic heterocycles. The zero-order valence-electron chi connectivity index (χ0n) is 13.0. The lowest BCUT2D eigenvalue weighted by molar-refractivity contribution is -0.130. The van der Waals surface area contributed by atoms with Gasteiger partial charge in [0, 0.05) is 18.1 Å². The van der Waals surface area contributed by atoms with Crippen molar-refractivity contribution in [3.8, 4) is 0 Å². The van der Waals surface area contributed by atoms with Gasteiger partial charge < -0.3 is 9.80 Å². The molecule has 21 heavy (non-hydrogen) atoms. The van der Waals surface area contributed by atoms with Crippen molar-refractivity contribution in [1.29, 1.82) is 0 Å². The van der Waals surface area contributed by atoms with Crippen molar-refractivity contribution < 1.29 is 4.79 Å². The van der Waals surface area contributed by atoms with Gasteiger partial charge in [-0.1, -0.05) is 37.6 Å². The second kappa shape index (κ2) is 7.25. The summed E-state index contributed by atoms with van der Waals surface area (Å²) in [4.78, 5) is 16.6. The van der Waals surface area contributed by atoms with Crippen molar-refractivity contribution in [3.05, 3.63) is 34.9 Å². The lowest BCUT2D eigenvalue weighted by Gasteiger charge is -2.27. The number of hydrogen-bond acceptors (Lipinski definition) is 3. The molecule has 1 aliphatic rings. The van der Waals surface area contributed by atoms with Gasteiger partial charge in [-0.3, -0.25) is 10.1 Å². The Labute approximate surface area is 132 Å². The standard InChI is InChI=1S/C16H24ClN3O/c1-4-19(5-2)10-11-20-15(18-12(3)16(20)21)13-6-8-14(17)9-7-13/h6-9,12,15,18H,4-5,10-11H2,1-3H3. The van der Waals surface area contributed by atoms with Crippen LogP contribution in [0.15, 0.2) is 24.3 Å². The Balaban J connectivity index is 2.11. The van der Waals surface area contributed by atoms with Crippen LogP contribution in [-0.4, -0.2) is 47.9 Å². The average Bonchev–Trinajstić information content (AvgIpc) is 2.77. The lowest BCUT2D eigenvalue weighted by atomic mass is 10.1. The van der Waals surface area contributed by atoms with Crippen molar-refractivity contribution in [3.63, 3.8) is 0 Å². The molecule has 0 saturated carbocycles. The highest BCUT2D eigenvalue weighted by Crippen LogP contribution is 2.26. The molecule has 0 spiro atoms. The number of nitrogens with one attached hydrogen (secondary N) is 1. The number of hydrogen-bond donors (Lipinski definition) is 1. The van der Waals surface area contributed by atoms with Crippen LogP contribution in [-0.2, 0) is 4.79 Å². The van der Waals surface area contributed by atoms with Gasteiger partial charge in [-0.2, -0.15) is 0 Å². The minimum absolute atomic E-state index is 0.0553. The third-order valence-electron chi connectivity index (χ3n) is 4.11. The number of benzene rings is 1. The van der Waals surface area contributed by atoms with Gasteiger partial charge in [-0.25, -0.2) is 0 Å². The van der Waals surface area contributed by atoms with E-state index < -0.39 is 0 Å². The molecule has 1 amide bonds. The van der Waals surface area contributed by atoms with E-state index in [0.29, 0.717) is 5.02 Å². The molecular formula is C16H24ClN3O. The minimum Gasteiger partial charge on any atom is -0.320 e. The Morgan fingerprint density at radius 3 is 2.43 bits per heavy atom. The second-order valence-corrected chi connectivity index (χ2v) is 5.84. The molecular weight excluding hydrogens is 286 g/mol. The van der Waals surface area contributed by atoms with E-state index >= 15 is 0 Å². The predicted octanol–water partition coefficient (Wildman–Crippen LogP) is 2.50. The fourth-order valence-electron chi connectivity index (χ4n) is 2.72. The number of rotatable bonds is 6. The molecule has 4 nitrogen and oxygen atoms in total. The molecule has 2 rings (SSSR count). The van der Waals surface area contributed by atoms with Crippen LogP contribution in [0.1, 0.15) is 32.5 Å². The van der Waals surface area contributed by atoms with Crippen LogP contribution in [0.2, 0.25) is 5.02 Å². The fraction of sp³-hybridized carbons (Fsp3) is 0.562. The molecule has 1 N–H and O–H groups in total. The predicted molar refractivity (Wildman–Crippen MR) is 86.3 cm³/mol. The van der Waals surface area contributed by atoms with Crippen LogP contribution in [0.5, 0.6) is 0 Å². The highest BCUT2D eigenvalue weighted by atomic mass is 35.5. The first-order chi connectivity index (χ1) is 10.1. The molecule has 0 aliphatic carbocycles. The van der Waals surface area contributed by atoms with E-state index in [1.807, 2.05) is 36.1 Å². The summed E-state index contributed by atoms with van der Waals surface area (Å²) in [5.74, 6) is 0.169. The van der Waals surface area contributed by atoms with Crippen LogP contribution in [0, 0.1) is 0 Å². The summed E-state index contributed by atoms with van der Waals surface area (Å²) in [6, 6.07) is 7.57. The first-order valence-corrected chi connectivity index (χ1v) is 7.99. The molecule has 1 heterocycles. The van der Waals surface area contributed by atoms with Gasteiger partial charge in [0.15, 0.2) is 0 Å². The molecule has 0 bridgehead atoms. The van der Waals surface area contributed by atoms with Crippen LogP contribution in [0.4, 0.5) is 0 Å². The summed E-state index contributed by atoms with van der Waals surface area (Å²) in [7, 11) is 0. The molecule has 1 aromatic carbocycles. The summed E-state index contributed by atoms with van der Waals surface area (Å²) in [5.41, 5.74) is 1.08. The van der Waals surface area contributed by atoms with E-state index in [-0.39, 0.29) is 18.1 Å². The van der Waals surface area contributed by atoms with E-state index in [4.69, 9.17) is 11.6 Å². The molecule has 5 heteroatoms. The summed E-state index contributed by atoms with van der Waals surface area (Å²) >= 11 is 5.94. The van der Waals surface area contributed by atoms with E-state index in [1.54, 1.807) is 0 Å². The summed E-state index contributed by atoms with van der Waals surface area (Å²) in [6.45, 7) is 9.87. The maximum Gasteiger partial charge on any atom is 0.241 e. The number of halogens is 1. The second-order valence-electron chi connectivity index (χ2n) is 5.40. The largest absolute Gasteiger partial charge is 0.320 e. The molecule has 2 atom stereocenters. The zero-order valence-corrected chi connectivity index (χ0v) is 13.7. The Morgan fingerprint density at radius 1 is 1.24 bits per heavy atom. The quantitative estimate of drug-likeness (QED) is 0.877. The molecule has 1 aromatic rings. The van der Waals surface area contributed by atoms with Crippen molar-refractivity contribution in [2.45, 2.75) is 33.0 Å². The first kappa shape index (κ1) is 16.3. The molecule has 116 valence electrons. The first-order valence-electron chi connectivity index (χ1n) is 7.61. The number of carbonyl (C=O) groups excluding carboxylic acids is 1. The van der Waals surface area contributed by atoms with E-state index in [9.17, 15) is 4.79 Å². The van der Waals surface area contributed by atoms with Crippen LogP contribution in [0.3, 0.4) is 0 Å². The van der Waals surface area contributed by atoms with E-state index in [0.717, 1.165) is 31.7 Å². The van der Waals surface area contributed by atoms with Crippen LogP contribution in [0.25, 0.3) is 0 Å². The third kappa shape index (κ3) is 3.76. The van der Waals surface area contributed by atoms with Gasteiger partial charge in [-0.15, -0.1) is 0 Å². The number of carbonyl (C=O) groups is 1. The maximum atomic E-state index is 12.4.